The second-order valence-corrected chi connectivity index (χ2v) is 5.73. The maximum absolute atomic E-state index is 4.47. The van der Waals surface area contributed by atoms with Gasteiger partial charge in [-0.2, -0.15) is 0 Å². The summed E-state index contributed by atoms with van der Waals surface area (Å²) in [6.45, 7) is 5.58. The minimum atomic E-state index is 0.574. The molecule has 0 amide bonds. The average Bonchev–Trinajstić information content (AvgIpc) is 2.38. The van der Waals surface area contributed by atoms with Crippen molar-refractivity contribution in [3.05, 3.63) is 28.5 Å². The molecule has 1 aromatic heterocycles. The Hall–Kier alpha value is -0.410. The van der Waals surface area contributed by atoms with Crippen molar-refractivity contribution in [2.45, 2.75) is 58.4 Å². The lowest BCUT2D eigenvalue weighted by atomic mass is 10.0. The van der Waals surface area contributed by atoms with Crippen LogP contribution in [0, 0.1) is 0 Å². The molecule has 102 valence electrons. The zero-order valence-corrected chi connectivity index (χ0v) is 13.2. The molecule has 0 fully saturated rings. The van der Waals surface area contributed by atoms with E-state index in [4.69, 9.17) is 0 Å². The number of hydrogen-bond acceptors (Lipinski definition) is 2. The third-order valence-electron chi connectivity index (χ3n) is 3.08. The van der Waals surface area contributed by atoms with Crippen LogP contribution in [0.2, 0.25) is 0 Å². The zero-order chi connectivity index (χ0) is 13.2. The van der Waals surface area contributed by atoms with Crippen LogP contribution in [0.4, 0.5) is 0 Å². The van der Waals surface area contributed by atoms with E-state index in [1.54, 1.807) is 0 Å². The Morgan fingerprint density at radius 1 is 1.22 bits per heavy atom. The monoisotopic (exact) mass is 312 g/mol. The van der Waals surface area contributed by atoms with Crippen LogP contribution in [-0.4, -0.2) is 17.6 Å². The third-order valence-corrected chi connectivity index (χ3v) is 3.55. The first-order valence-electron chi connectivity index (χ1n) is 7.10. The molecule has 0 aliphatic rings. The topological polar surface area (TPSA) is 24.9 Å². The molecular formula is C15H25BrN2. The summed E-state index contributed by atoms with van der Waals surface area (Å²) in [6.07, 6.45) is 9.31. The number of nitrogens with one attached hydrogen (secondary N) is 1. The van der Waals surface area contributed by atoms with E-state index in [0.29, 0.717) is 6.04 Å². The van der Waals surface area contributed by atoms with Crippen LogP contribution in [0.25, 0.3) is 0 Å². The van der Waals surface area contributed by atoms with Gasteiger partial charge in [0.15, 0.2) is 0 Å². The van der Waals surface area contributed by atoms with Gasteiger partial charge in [-0.1, -0.05) is 33.1 Å². The maximum atomic E-state index is 4.47. The number of nitrogens with zero attached hydrogens (tertiary/aromatic N) is 1. The van der Waals surface area contributed by atoms with Crippen LogP contribution in [0.15, 0.2) is 22.8 Å². The first kappa shape index (κ1) is 15.6. The minimum absolute atomic E-state index is 0.574. The normalized spacial score (nSPS) is 12.6. The second-order valence-electron chi connectivity index (χ2n) is 4.82. The number of hydrogen-bond donors (Lipinski definition) is 1. The quantitative estimate of drug-likeness (QED) is 0.686. The Morgan fingerprint density at radius 3 is 2.67 bits per heavy atom. The minimum Gasteiger partial charge on any atom is -0.314 e. The molecule has 1 unspecified atom stereocenters. The van der Waals surface area contributed by atoms with Crippen molar-refractivity contribution in [2.24, 2.45) is 0 Å². The van der Waals surface area contributed by atoms with Crippen LogP contribution in [0.1, 0.15) is 51.6 Å². The maximum Gasteiger partial charge on any atom is 0.0419 e. The van der Waals surface area contributed by atoms with Crippen molar-refractivity contribution in [2.75, 3.05) is 6.54 Å². The van der Waals surface area contributed by atoms with Crippen LogP contribution < -0.4 is 5.32 Å². The van der Waals surface area contributed by atoms with Crippen LogP contribution in [0.5, 0.6) is 0 Å². The highest BCUT2D eigenvalue weighted by molar-refractivity contribution is 9.10. The summed E-state index contributed by atoms with van der Waals surface area (Å²) >= 11 is 3.43. The number of rotatable bonds is 9. The number of pyridine rings is 1. The first-order valence-corrected chi connectivity index (χ1v) is 7.89. The molecule has 1 N–H and O–H groups in total. The van der Waals surface area contributed by atoms with Gasteiger partial charge in [-0.3, -0.25) is 4.98 Å². The lowest BCUT2D eigenvalue weighted by Gasteiger charge is -2.18. The average molecular weight is 313 g/mol. The Bertz CT molecular complexity index is 311. The molecule has 18 heavy (non-hydrogen) atoms. The van der Waals surface area contributed by atoms with E-state index in [-0.39, 0.29) is 0 Å². The van der Waals surface area contributed by atoms with Crippen molar-refractivity contribution in [1.82, 2.24) is 10.3 Å². The van der Waals surface area contributed by atoms with Crippen LogP contribution >= 0.6 is 15.9 Å². The fourth-order valence-corrected chi connectivity index (χ4v) is 2.28. The molecule has 0 bridgehead atoms. The smallest absolute Gasteiger partial charge is 0.0419 e. The van der Waals surface area contributed by atoms with E-state index in [1.807, 2.05) is 6.20 Å². The highest BCUT2D eigenvalue weighted by atomic mass is 79.9. The van der Waals surface area contributed by atoms with E-state index in [0.717, 1.165) is 17.4 Å². The summed E-state index contributed by atoms with van der Waals surface area (Å²) in [7, 11) is 0. The number of halogens is 1. The fourth-order valence-electron chi connectivity index (χ4n) is 2.05. The zero-order valence-electron chi connectivity index (χ0n) is 11.6. The van der Waals surface area contributed by atoms with E-state index in [9.17, 15) is 0 Å². The van der Waals surface area contributed by atoms with Crippen molar-refractivity contribution in [3.8, 4) is 0 Å². The highest BCUT2D eigenvalue weighted by Crippen LogP contribution is 2.12. The molecule has 3 heteroatoms. The second kappa shape index (κ2) is 9.51. The summed E-state index contributed by atoms with van der Waals surface area (Å²) in [5.41, 5.74) is 1.18. The molecule has 0 spiro atoms. The van der Waals surface area contributed by atoms with Gasteiger partial charge in [-0.05, 0) is 47.4 Å². The molecule has 1 rings (SSSR count). The van der Waals surface area contributed by atoms with Crippen molar-refractivity contribution >= 4 is 15.9 Å². The molecule has 0 aliphatic heterocycles. The Balaban J connectivity index is 2.45. The highest BCUT2D eigenvalue weighted by Gasteiger charge is 2.09. The van der Waals surface area contributed by atoms with Gasteiger partial charge in [0.05, 0.1) is 0 Å². The lowest BCUT2D eigenvalue weighted by Crippen LogP contribution is -2.32. The summed E-state index contributed by atoms with van der Waals surface area (Å²) in [6, 6.07) is 4.76. The Labute approximate surface area is 120 Å². The van der Waals surface area contributed by atoms with E-state index < -0.39 is 0 Å². The van der Waals surface area contributed by atoms with E-state index in [2.05, 4.69) is 52.2 Å². The van der Waals surface area contributed by atoms with Crippen molar-refractivity contribution in [1.29, 1.82) is 0 Å². The number of aromatic nitrogens is 1. The van der Waals surface area contributed by atoms with E-state index in [1.165, 1.54) is 37.8 Å². The van der Waals surface area contributed by atoms with E-state index >= 15 is 0 Å². The Kier molecular flexibility index (Phi) is 8.27. The van der Waals surface area contributed by atoms with Gasteiger partial charge in [0.2, 0.25) is 0 Å². The summed E-state index contributed by atoms with van der Waals surface area (Å²) < 4.78 is 1.05. The summed E-state index contributed by atoms with van der Waals surface area (Å²) in [5, 5.41) is 3.64. The van der Waals surface area contributed by atoms with Gasteiger partial charge >= 0.3 is 0 Å². The largest absolute Gasteiger partial charge is 0.314 e. The first-order chi connectivity index (χ1) is 8.76. The molecule has 1 atom stereocenters. The number of unbranched alkanes of at least 4 members (excludes halogenated alkanes) is 2. The molecule has 0 aromatic carbocycles. The Morgan fingerprint density at radius 2 is 2.06 bits per heavy atom. The van der Waals surface area contributed by atoms with Crippen molar-refractivity contribution < 1.29 is 0 Å². The molecule has 1 aromatic rings. The summed E-state index contributed by atoms with van der Waals surface area (Å²) in [4.78, 5) is 4.47. The molecule has 1 heterocycles. The van der Waals surface area contributed by atoms with Gasteiger partial charge in [0.25, 0.3) is 0 Å². The molecule has 0 radical (unpaired) electrons. The van der Waals surface area contributed by atoms with Gasteiger partial charge in [0, 0.05) is 28.8 Å². The fraction of sp³-hybridized carbons (Fsp3) is 0.667. The molecular weight excluding hydrogens is 288 g/mol. The molecule has 0 aliphatic carbocycles. The van der Waals surface area contributed by atoms with Gasteiger partial charge in [0.1, 0.15) is 0 Å². The van der Waals surface area contributed by atoms with Gasteiger partial charge in [-0.25, -0.2) is 0 Å². The predicted octanol–water partition coefficient (Wildman–Crippen LogP) is 4.34. The molecule has 2 nitrogen and oxygen atoms in total. The SMILES string of the molecule is CCCCCC(Cc1ccc(Br)cn1)NCCC. The summed E-state index contributed by atoms with van der Waals surface area (Å²) in [5.74, 6) is 0. The van der Waals surface area contributed by atoms with Crippen molar-refractivity contribution in [3.63, 3.8) is 0 Å². The van der Waals surface area contributed by atoms with Gasteiger partial charge < -0.3 is 5.32 Å². The molecule has 0 saturated carbocycles. The van der Waals surface area contributed by atoms with Gasteiger partial charge in [-0.15, -0.1) is 0 Å². The standard InChI is InChI=1S/C15H25BrN2/c1-3-5-6-7-14(17-10-4-2)11-15-9-8-13(16)12-18-15/h8-9,12,14,17H,3-7,10-11H2,1-2H3. The lowest BCUT2D eigenvalue weighted by molar-refractivity contribution is 0.453. The predicted molar refractivity (Wildman–Crippen MR) is 81.9 cm³/mol. The van der Waals surface area contributed by atoms with Crippen LogP contribution in [-0.2, 0) is 6.42 Å². The molecule has 0 saturated heterocycles. The third kappa shape index (κ3) is 6.50. The van der Waals surface area contributed by atoms with Crippen LogP contribution in [0.3, 0.4) is 0 Å².